The summed E-state index contributed by atoms with van der Waals surface area (Å²) in [6, 6.07) is 13.3. The molecule has 2 N–H and O–H groups in total. The molecular weight excluding hydrogens is 256 g/mol. The summed E-state index contributed by atoms with van der Waals surface area (Å²) < 4.78 is 0. The number of hydrogen-bond acceptors (Lipinski definition) is 2. The van der Waals surface area contributed by atoms with Crippen LogP contribution in [0.1, 0.15) is 44.7 Å². The number of hydrogen-bond donors (Lipinski definition) is 2. The molecule has 20 heavy (non-hydrogen) atoms. The SMILES string of the molecule is CC(c1cccc(C(=O)O)c1)c1cccc(C(=O)O)c1. The van der Waals surface area contributed by atoms with Crippen molar-refractivity contribution in [3.8, 4) is 0 Å². The van der Waals surface area contributed by atoms with Crippen molar-refractivity contribution in [2.75, 3.05) is 0 Å². The van der Waals surface area contributed by atoms with Crippen LogP contribution in [0.4, 0.5) is 0 Å². The Morgan fingerprint density at radius 2 is 1.25 bits per heavy atom. The lowest BCUT2D eigenvalue weighted by Gasteiger charge is -2.13. The average Bonchev–Trinajstić information content (AvgIpc) is 2.46. The summed E-state index contributed by atoms with van der Waals surface area (Å²) in [5, 5.41) is 18.0. The van der Waals surface area contributed by atoms with E-state index in [0.717, 1.165) is 11.1 Å². The lowest BCUT2D eigenvalue weighted by Crippen LogP contribution is -2.03. The Morgan fingerprint density at radius 3 is 1.60 bits per heavy atom. The van der Waals surface area contributed by atoms with Gasteiger partial charge in [0.05, 0.1) is 11.1 Å². The number of aromatic carboxylic acids is 2. The van der Waals surface area contributed by atoms with Crippen LogP contribution in [0, 0.1) is 0 Å². The Morgan fingerprint density at radius 1 is 0.850 bits per heavy atom. The molecule has 0 unspecified atom stereocenters. The van der Waals surface area contributed by atoms with Crippen molar-refractivity contribution in [1.82, 2.24) is 0 Å². The molecule has 0 aliphatic heterocycles. The second-order valence-corrected chi connectivity index (χ2v) is 4.58. The van der Waals surface area contributed by atoms with Crippen molar-refractivity contribution >= 4 is 11.9 Å². The molecule has 2 aromatic rings. The first-order valence-electron chi connectivity index (χ1n) is 6.15. The fourth-order valence-corrected chi connectivity index (χ4v) is 2.07. The molecule has 0 bridgehead atoms. The van der Waals surface area contributed by atoms with Gasteiger partial charge in [-0.2, -0.15) is 0 Å². The van der Waals surface area contributed by atoms with E-state index in [1.165, 1.54) is 12.1 Å². The Kier molecular flexibility index (Phi) is 3.84. The van der Waals surface area contributed by atoms with Gasteiger partial charge in [0.15, 0.2) is 0 Å². The number of carboxylic acids is 2. The van der Waals surface area contributed by atoms with Crippen LogP contribution in [0.3, 0.4) is 0 Å². The molecule has 0 amide bonds. The minimum atomic E-state index is -0.974. The second-order valence-electron chi connectivity index (χ2n) is 4.58. The molecule has 0 aliphatic carbocycles. The normalized spacial score (nSPS) is 10.5. The molecule has 0 saturated heterocycles. The molecule has 102 valence electrons. The van der Waals surface area contributed by atoms with Crippen LogP contribution in [-0.4, -0.2) is 22.2 Å². The first-order valence-corrected chi connectivity index (χ1v) is 6.15. The third kappa shape index (κ3) is 2.85. The molecule has 0 aromatic heterocycles. The fourth-order valence-electron chi connectivity index (χ4n) is 2.07. The fraction of sp³-hybridized carbons (Fsp3) is 0.125. The second kappa shape index (κ2) is 5.57. The van der Waals surface area contributed by atoms with Crippen molar-refractivity contribution in [3.05, 3.63) is 70.8 Å². The Hall–Kier alpha value is -2.62. The summed E-state index contributed by atoms with van der Waals surface area (Å²) in [5.74, 6) is -2.02. The third-order valence-electron chi connectivity index (χ3n) is 3.27. The number of rotatable bonds is 4. The van der Waals surface area contributed by atoms with Crippen LogP contribution in [-0.2, 0) is 0 Å². The van der Waals surface area contributed by atoms with E-state index in [0.29, 0.717) is 0 Å². The minimum absolute atomic E-state index is 0.0754. The zero-order chi connectivity index (χ0) is 14.7. The number of benzene rings is 2. The smallest absolute Gasteiger partial charge is 0.335 e. The van der Waals surface area contributed by atoms with Crippen molar-refractivity contribution < 1.29 is 19.8 Å². The van der Waals surface area contributed by atoms with Crippen molar-refractivity contribution in [1.29, 1.82) is 0 Å². The summed E-state index contributed by atoms with van der Waals surface area (Å²) in [7, 11) is 0. The summed E-state index contributed by atoms with van der Waals surface area (Å²) in [4.78, 5) is 22.0. The van der Waals surface area contributed by atoms with E-state index in [1.54, 1.807) is 24.3 Å². The van der Waals surface area contributed by atoms with Gasteiger partial charge in [-0.15, -0.1) is 0 Å². The zero-order valence-corrected chi connectivity index (χ0v) is 10.9. The first-order chi connectivity index (χ1) is 9.49. The summed E-state index contributed by atoms with van der Waals surface area (Å²) >= 11 is 0. The standard InChI is InChI=1S/C16H14O4/c1-10(11-4-2-6-13(8-11)15(17)18)12-5-3-7-14(9-12)16(19)20/h2-10H,1H3,(H,17,18)(H,19,20). The molecule has 0 fully saturated rings. The van der Waals surface area contributed by atoms with Crippen LogP contribution in [0.2, 0.25) is 0 Å². The van der Waals surface area contributed by atoms with E-state index < -0.39 is 11.9 Å². The van der Waals surface area contributed by atoms with Gasteiger partial charge < -0.3 is 10.2 Å². The quantitative estimate of drug-likeness (QED) is 0.894. The summed E-state index contributed by atoms with van der Waals surface area (Å²) in [6.45, 7) is 1.92. The lowest BCUT2D eigenvalue weighted by molar-refractivity contribution is 0.0686. The number of carbonyl (C=O) groups is 2. The highest BCUT2D eigenvalue weighted by Crippen LogP contribution is 2.25. The first kappa shape index (κ1) is 13.8. The van der Waals surface area contributed by atoms with E-state index >= 15 is 0 Å². The van der Waals surface area contributed by atoms with Gasteiger partial charge in [0.2, 0.25) is 0 Å². The molecule has 0 spiro atoms. The molecule has 0 radical (unpaired) electrons. The van der Waals surface area contributed by atoms with Crippen molar-refractivity contribution in [2.45, 2.75) is 12.8 Å². The van der Waals surface area contributed by atoms with Gasteiger partial charge in [-0.1, -0.05) is 31.2 Å². The number of carboxylic acid groups (broad SMARTS) is 2. The van der Waals surface area contributed by atoms with E-state index in [4.69, 9.17) is 10.2 Å². The largest absolute Gasteiger partial charge is 0.478 e. The van der Waals surface area contributed by atoms with Gasteiger partial charge in [-0.05, 0) is 35.4 Å². The molecule has 4 heteroatoms. The average molecular weight is 270 g/mol. The predicted molar refractivity (Wildman–Crippen MR) is 74.3 cm³/mol. The summed E-state index contributed by atoms with van der Waals surface area (Å²) in [6.07, 6.45) is 0. The van der Waals surface area contributed by atoms with Crippen LogP contribution in [0.15, 0.2) is 48.5 Å². The highest BCUT2D eigenvalue weighted by atomic mass is 16.4. The summed E-state index contributed by atoms with van der Waals surface area (Å²) in [5.41, 5.74) is 2.13. The molecule has 2 aromatic carbocycles. The molecule has 0 atom stereocenters. The maximum absolute atomic E-state index is 11.0. The molecular formula is C16H14O4. The van der Waals surface area contributed by atoms with Crippen molar-refractivity contribution in [3.63, 3.8) is 0 Å². The highest BCUT2D eigenvalue weighted by Gasteiger charge is 2.13. The van der Waals surface area contributed by atoms with Gasteiger partial charge in [-0.25, -0.2) is 9.59 Å². The van der Waals surface area contributed by atoms with Crippen LogP contribution in [0.25, 0.3) is 0 Å². The van der Waals surface area contributed by atoms with Gasteiger partial charge in [0.1, 0.15) is 0 Å². The maximum atomic E-state index is 11.0. The maximum Gasteiger partial charge on any atom is 0.335 e. The third-order valence-corrected chi connectivity index (χ3v) is 3.27. The van der Waals surface area contributed by atoms with Crippen LogP contribution in [0.5, 0.6) is 0 Å². The van der Waals surface area contributed by atoms with E-state index in [9.17, 15) is 9.59 Å². The Bertz CT molecular complexity index is 604. The lowest BCUT2D eigenvalue weighted by atomic mass is 9.91. The van der Waals surface area contributed by atoms with Crippen LogP contribution < -0.4 is 0 Å². The van der Waals surface area contributed by atoms with Crippen molar-refractivity contribution in [2.24, 2.45) is 0 Å². The van der Waals surface area contributed by atoms with Gasteiger partial charge in [0, 0.05) is 5.92 Å². The Labute approximate surface area is 116 Å². The van der Waals surface area contributed by atoms with Gasteiger partial charge in [0.25, 0.3) is 0 Å². The van der Waals surface area contributed by atoms with E-state index in [1.807, 2.05) is 19.1 Å². The van der Waals surface area contributed by atoms with E-state index in [-0.39, 0.29) is 17.0 Å². The minimum Gasteiger partial charge on any atom is -0.478 e. The topological polar surface area (TPSA) is 74.6 Å². The zero-order valence-electron chi connectivity index (χ0n) is 10.9. The molecule has 0 aliphatic rings. The molecule has 4 nitrogen and oxygen atoms in total. The monoisotopic (exact) mass is 270 g/mol. The Balaban J connectivity index is 2.38. The van der Waals surface area contributed by atoms with Crippen LogP contribution >= 0.6 is 0 Å². The van der Waals surface area contributed by atoms with E-state index in [2.05, 4.69) is 0 Å². The van der Waals surface area contributed by atoms with Gasteiger partial charge in [-0.3, -0.25) is 0 Å². The molecule has 2 rings (SSSR count). The van der Waals surface area contributed by atoms with Gasteiger partial charge >= 0.3 is 11.9 Å². The predicted octanol–water partition coefficient (Wildman–Crippen LogP) is 3.23. The molecule has 0 heterocycles. The molecule has 0 saturated carbocycles. The highest BCUT2D eigenvalue weighted by molar-refractivity contribution is 5.88.